The van der Waals surface area contributed by atoms with Crippen molar-refractivity contribution in [1.29, 1.82) is 0 Å². The lowest BCUT2D eigenvalue weighted by Gasteiger charge is -2.34. The quantitative estimate of drug-likeness (QED) is 0.571. The van der Waals surface area contributed by atoms with Crippen molar-refractivity contribution in [1.82, 2.24) is 5.32 Å². The van der Waals surface area contributed by atoms with Crippen molar-refractivity contribution in [3.63, 3.8) is 0 Å². The van der Waals surface area contributed by atoms with Gasteiger partial charge in [-0.1, -0.05) is 13.8 Å². The van der Waals surface area contributed by atoms with E-state index in [2.05, 4.69) is 5.32 Å². The fraction of sp³-hybridized carbons (Fsp3) is 0.857. The summed E-state index contributed by atoms with van der Waals surface area (Å²) in [6.45, 7) is 6.97. The molecule has 1 saturated heterocycles. The molecule has 0 aromatic rings. The summed E-state index contributed by atoms with van der Waals surface area (Å²) in [5.41, 5.74) is -0.472. The highest BCUT2D eigenvalue weighted by Gasteiger charge is 2.39. The van der Waals surface area contributed by atoms with E-state index in [-0.39, 0.29) is 0 Å². The van der Waals surface area contributed by atoms with Gasteiger partial charge in [0.1, 0.15) is 0 Å². The van der Waals surface area contributed by atoms with Crippen molar-refractivity contribution in [3.8, 4) is 0 Å². The molecule has 0 unspecified atom stereocenters. The van der Waals surface area contributed by atoms with Crippen molar-refractivity contribution in [2.45, 2.75) is 20.8 Å². The standard InChI is InChI=1S/C5H9NO2.C2H6/c1-5(4(7)8)2-6-3-5;1-2/h6H,2-3H2,1H3,(H,7,8);1-2H3. The van der Waals surface area contributed by atoms with Crippen LogP contribution in [0.15, 0.2) is 0 Å². The molecule has 0 aliphatic carbocycles. The van der Waals surface area contributed by atoms with Gasteiger partial charge in [0.25, 0.3) is 0 Å². The van der Waals surface area contributed by atoms with E-state index in [9.17, 15) is 4.79 Å². The van der Waals surface area contributed by atoms with Crippen LogP contribution in [0.25, 0.3) is 0 Å². The van der Waals surface area contributed by atoms with Gasteiger partial charge in [-0.25, -0.2) is 0 Å². The smallest absolute Gasteiger partial charge is 0.311 e. The molecule has 0 saturated carbocycles. The van der Waals surface area contributed by atoms with Crippen LogP contribution in [0, 0.1) is 5.41 Å². The summed E-state index contributed by atoms with van der Waals surface area (Å²) in [5.74, 6) is -0.698. The first-order chi connectivity index (χ1) is 4.65. The van der Waals surface area contributed by atoms with Crippen molar-refractivity contribution in [2.24, 2.45) is 5.41 Å². The molecule has 1 fully saturated rings. The Morgan fingerprint density at radius 3 is 1.90 bits per heavy atom. The Balaban J connectivity index is 0.000000371. The number of hydrogen-bond donors (Lipinski definition) is 2. The average Bonchev–Trinajstić information content (AvgIpc) is 1.87. The normalized spacial score (nSPS) is 19.9. The Kier molecular flexibility index (Phi) is 3.36. The first-order valence-corrected chi connectivity index (χ1v) is 3.59. The lowest BCUT2D eigenvalue weighted by Crippen LogP contribution is -2.56. The first kappa shape index (κ1) is 9.43. The molecule has 0 atom stereocenters. The zero-order valence-corrected chi connectivity index (χ0v) is 6.77. The van der Waals surface area contributed by atoms with E-state index in [1.165, 1.54) is 0 Å². The third-order valence-electron chi connectivity index (χ3n) is 1.55. The minimum absolute atomic E-state index is 0.472. The second kappa shape index (κ2) is 3.56. The Morgan fingerprint density at radius 1 is 1.50 bits per heavy atom. The van der Waals surface area contributed by atoms with Crippen LogP contribution in [0.4, 0.5) is 0 Å². The van der Waals surface area contributed by atoms with Crippen molar-refractivity contribution in [3.05, 3.63) is 0 Å². The third-order valence-corrected chi connectivity index (χ3v) is 1.55. The molecule has 60 valence electrons. The second-order valence-corrected chi connectivity index (χ2v) is 2.47. The summed E-state index contributed by atoms with van der Waals surface area (Å²) in [7, 11) is 0. The molecule has 0 bridgehead atoms. The molecule has 3 nitrogen and oxygen atoms in total. The van der Waals surface area contributed by atoms with Crippen LogP contribution in [0.1, 0.15) is 20.8 Å². The van der Waals surface area contributed by atoms with Crippen molar-refractivity contribution < 1.29 is 9.90 Å². The number of carboxylic acid groups (broad SMARTS) is 1. The Bertz CT molecular complexity index is 119. The van der Waals surface area contributed by atoms with Crippen LogP contribution in [0.2, 0.25) is 0 Å². The zero-order valence-electron chi connectivity index (χ0n) is 6.77. The predicted molar refractivity (Wildman–Crippen MR) is 40.0 cm³/mol. The van der Waals surface area contributed by atoms with Gasteiger partial charge in [-0.2, -0.15) is 0 Å². The molecule has 0 amide bonds. The lowest BCUT2D eigenvalue weighted by molar-refractivity contribution is -0.150. The number of carboxylic acids is 1. The monoisotopic (exact) mass is 145 g/mol. The molecule has 0 aromatic heterocycles. The van der Waals surface area contributed by atoms with Crippen LogP contribution < -0.4 is 5.32 Å². The molecule has 2 N–H and O–H groups in total. The maximum Gasteiger partial charge on any atom is 0.311 e. The Hall–Kier alpha value is -0.570. The minimum Gasteiger partial charge on any atom is -0.481 e. The summed E-state index contributed by atoms with van der Waals surface area (Å²) in [5, 5.41) is 11.4. The number of aliphatic carboxylic acids is 1. The highest BCUT2D eigenvalue weighted by molar-refractivity contribution is 5.75. The number of carbonyl (C=O) groups is 1. The van der Waals surface area contributed by atoms with Gasteiger partial charge in [-0.05, 0) is 6.92 Å². The van der Waals surface area contributed by atoms with Gasteiger partial charge in [0.2, 0.25) is 0 Å². The Morgan fingerprint density at radius 2 is 1.90 bits per heavy atom. The summed E-state index contributed by atoms with van der Waals surface area (Å²) >= 11 is 0. The van der Waals surface area contributed by atoms with Crippen molar-refractivity contribution >= 4 is 5.97 Å². The van der Waals surface area contributed by atoms with Gasteiger partial charge in [-0.15, -0.1) is 0 Å². The molecule has 0 aromatic carbocycles. The van der Waals surface area contributed by atoms with Crippen LogP contribution in [-0.4, -0.2) is 24.2 Å². The topological polar surface area (TPSA) is 49.3 Å². The zero-order chi connectivity index (χ0) is 8.20. The van der Waals surface area contributed by atoms with Crippen LogP contribution in [-0.2, 0) is 4.79 Å². The van der Waals surface area contributed by atoms with E-state index in [0.29, 0.717) is 13.1 Å². The molecular weight excluding hydrogens is 130 g/mol. The molecule has 1 aliphatic heterocycles. The van der Waals surface area contributed by atoms with Gasteiger partial charge < -0.3 is 10.4 Å². The number of nitrogens with one attached hydrogen (secondary N) is 1. The van der Waals surface area contributed by atoms with Crippen LogP contribution in [0.3, 0.4) is 0 Å². The van der Waals surface area contributed by atoms with E-state index < -0.39 is 11.4 Å². The highest BCUT2D eigenvalue weighted by Crippen LogP contribution is 2.20. The fourth-order valence-corrected chi connectivity index (χ4v) is 0.651. The maximum atomic E-state index is 10.3. The fourth-order valence-electron chi connectivity index (χ4n) is 0.651. The largest absolute Gasteiger partial charge is 0.481 e. The second-order valence-electron chi connectivity index (χ2n) is 2.47. The molecular formula is C7H15NO2. The highest BCUT2D eigenvalue weighted by atomic mass is 16.4. The molecule has 3 heteroatoms. The molecule has 0 spiro atoms. The summed E-state index contributed by atoms with van der Waals surface area (Å²) in [4.78, 5) is 10.3. The lowest BCUT2D eigenvalue weighted by atomic mass is 9.85. The van der Waals surface area contributed by atoms with E-state index in [0.717, 1.165) is 0 Å². The third kappa shape index (κ3) is 1.70. The number of rotatable bonds is 1. The minimum atomic E-state index is -0.698. The summed E-state index contributed by atoms with van der Waals surface area (Å²) < 4.78 is 0. The van der Waals surface area contributed by atoms with Gasteiger partial charge in [0.05, 0.1) is 5.41 Å². The van der Waals surface area contributed by atoms with Crippen LogP contribution >= 0.6 is 0 Å². The maximum absolute atomic E-state index is 10.3. The van der Waals surface area contributed by atoms with E-state index in [1.54, 1.807) is 6.92 Å². The van der Waals surface area contributed by atoms with Crippen molar-refractivity contribution in [2.75, 3.05) is 13.1 Å². The van der Waals surface area contributed by atoms with Gasteiger partial charge >= 0.3 is 5.97 Å². The molecule has 1 aliphatic rings. The Labute approximate surface area is 61.4 Å². The van der Waals surface area contributed by atoms with Gasteiger partial charge in [0.15, 0.2) is 0 Å². The first-order valence-electron chi connectivity index (χ1n) is 3.59. The predicted octanol–water partition coefficient (Wildman–Crippen LogP) is 0.707. The SMILES string of the molecule is CC.CC1(C(=O)O)CNC1. The molecule has 1 heterocycles. The molecule has 0 radical (unpaired) electrons. The van der Waals surface area contributed by atoms with E-state index in [1.807, 2.05) is 13.8 Å². The molecule has 10 heavy (non-hydrogen) atoms. The number of hydrogen-bond acceptors (Lipinski definition) is 2. The van der Waals surface area contributed by atoms with E-state index >= 15 is 0 Å². The van der Waals surface area contributed by atoms with Gasteiger partial charge in [0, 0.05) is 13.1 Å². The van der Waals surface area contributed by atoms with E-state index in [4.69, 9.17) is 5.11 Å². The average molecular weight is 145 g/mol. The summed E-state index contributed by atoms with van der Waals surface area (Å²) in [6.07, 6.45) is 0. The van der Waals surface area contributed by atoms with Gasteiger partial charge in [-0.3, -0.25) is 4.79 Å². The summed E-state index contributed by atoms with van der Waals surface area (Å²) in [6, 6.07) is 0. The van der Waals surface area contributed by atoms with Crippen LogP contribution in [0.5, 0.6) is 0 Å². The molecule has 1 rings (SSSR count).